The van der Waals surface area contributed by atoms with E-state index in [0.29, 0.717) is 19.4 Å². The van der Waals surface area contributed by atoms with Gasteiger partial charge in [-0.15, -0.1) is 0 Å². The van der Waals surface area contributed by atoms with E-state index in [0.717, 1.165) is 28.7 Å². The summed E-state index contributed by atoms with van der Waals surface area (Å²) in [5.41, 5.74) is 3.94. The van der Waals surface area contributed by atoms with Crippen LogP contribution in [0.5, 0.6) is 0 Å². The molecule has 1 fully saturated rings. The maximum absolute atomic E-state index is 12.9. The minimum Gasteiger partial charge on any atom is -0.480 e. The highest BCUT2D eigenvalue weighted by atomic mass is 16.5. The fraction of sp³-hybridized carbons (Fsp3) is 0.444. The fourth-order valence-electron chi connectivity index (χ4n) is 5.06. The zero-order valence-electron chi connectivity index (χ0n) is 19.8. The number of alkyl carbamates (subject to hydrolysis) is 1. The van der Waals surface area contributed by atoms with Gasteiger partial charge in [-0.1, -0.05) is 62.4 Å². The Morgan fingerprint density at radius 1 is 1.06 bits per heavy atom. The van der Waals surface area contributed by atoms with Crippen LogP contribution in [-0.4, -0.2) is 53.2 Å². The van der Waals surface area contributed by atoms with Crippen molar-refractivity contribution in [2.24, 2.45) is 5.92 Å². The van der Waals surface area contributed by atoms with Crippen molar-refractivity contribution in [1.29, 1.82) is 0 Å². The molecule has 2 aliphatic rings. The van der Waals surface area contributed by atoms with Crippen LogP contribution >= 0.6 is 0 Å². The van der Waals surface area contributed by atoms with Gasteiger partial charge < -0.3 is 20.1 Å². The first-order valence-electron chi connectivity index (χ1n) is 11.9. The first-order chi connectivity index (χ1) is 16.3. The van der Waals surface area contributed by atoms with Crippen molar-refractivity contribution in [3.8, 4) is 11.1 Å². The van der Waals surface area contributed by atoms with Gasteiger partial charge in [0.2, 0.25) is 5.91 Å². The van der Waals surface area contributed by atoms with E-state index < -0.39 is 17.6 Å². The average molecular weight is 465 g/mol. The number of nitrogens with zero attached hydrogens (tertiary/aromatic N) is 1. The topological polar surface area (TPSA) is 95.9 Å². The molecule has 0 bridgehead atoms. The van der Waals surface area contributed by atoms with E-state index in [1.807, 2.05) is 38.1 Å². The third-order valence-electron chi connectivity index (χ3n) is 6.78. The number of carboxylic acids is 1. The normalized spacial score (nSPS) is 15.7. The molecule has 0 heterocycles. The molecule has 7 nitrogen and oxygen atoms in total. The molecule has 0 aliphatic heterocycles. The predicted molar refractivity (Wildman–Crippen MR) is 128 cm³/mol. The second kappa shape index (κ2) is 9.87. The van der Waals surface area contributed by atoms with Crippen molar-refractivity contribution in [3.05, 3.63) is 59.7 Å². The quantitative estimate of drug-likeness (QED) is 0.573. The standard InChI is InChI=1S/C27H32N2O5/c1-18(2)15-29(16-25(31)32)24(30)14-27(12-7-13-27)28-26(33)34-17-23-21-10-5-3-8-19(21)20-9-4-6-11-22(20)23/h3-6,8-11,18,23H,7,12-17H2,1-2H3,(H,28,33)(H,31,32). The molecule has 0 unspecified atom stereocenters. The summed E-state index contributed by atoms with van der Waals surface area (Å²) >= 11 is 0. The van der Waals surface area contributed by atoms with E-state index in [2.05, 4.69) is 29.6 Å². The largest absolute Gasteiger partial charge is 0.480 e. The van der Waals surface area contributed by atoms with Gasteiger partial charge in [0.15, 0.2) is 0 Å². The van der Waals surface area contributed by atoms with Gasteiger partial charge in [-0.25, -0.2) is 4.79 Å². The molecule has 2 aromatic carbocycles. The molecule has 2 N–H and O–H groups in total. The SMILES string of the molecule is CC(C)CN(CC(=O)O)C(=O)CC1(NC(=O)OCC2c3ccccc3-c3ccccc32)CCC1. The van der Waals surface area contributed by atoms with Gasteiger partial charge in [-0.3, -0.25) is 9.59 Å². The molecule has 7 heteroatoms. The van der Waals surface area contributed by atoms with Crippen LogP contribution in [0.3, 0.4) is 0 Å². The van der Waals surface area contributed by atoms with Gasteiger partial charge in [0.1, 0.15) is 13.2 Å². The number of rotatable bonds is 9. The Balaban J connectivity index is 1.39. The van der Waals surface area contributed by atoms with Crippen molar-refractivity contribution in [2.75, 3.05) is 19.7 Å². The monoisotopic (exact) mass is 464 g/mol. The maximum atomic E-state index is 12.9. The van der Waals surface area contributed by atoms with Crippen LogP contribution < -0.4 is 5.32 Å². The zero-order valence-corrected chi connectivity index (χ0v) is 19.8. The minimum atomic E-state index is -1.04. The van der Waals surface area contributed by atoms with Gasteiger partial charge in [0.25, 0.3) is 0 Å². The Morgan fingerprint density at radius 3 is 2.15 bits per heavy atom. The lowest BCUT2D eigenvalue weighted by Gasteiger charge is -2.42. The number of carbonyl (C=O) groups is 3. The van der Waals surface area contributed by atoms with E-state index in [1.165, 1.54) is 4.90 Å². The van der Waals surface area contributed by atoms with Crippen LogP contribution in [0.15, 0.2) is 48.5 Å². The van der Waals surface area contributed by atoms with Gasteiger partial charge in [-0.05, 0) is 47.4 Å². The Bertz CT molecular complexity index is 1030. The first-order valence-corrected chi connectivity index (χ1v) is 11.9. The van der Waals surface area contributed by atoms with Crippen molar-refractivity contribution in [2.45, 2.75) is 51.0 Å². The second-order valence-electron chi connectivity index (χ2n) is 9.82. The Morgan fingerprint density at radius 2 is 1.65 bits per heavy atom. The Kier molecular flexibility index (Phi) is 6.91. The van der Waals surface area contributed by atoms with Gasteiger partial charge in [0.05, 0.1) is 12.0 Å². The van der Waals surface area contributed by atoms with E-state index in [4.69, 9.17) is 4.74 Å². The van der Waals surface area contributed by atoms with Crippen LogP contribution in [0.4, 0.5) is 4.79 Å². The Labute approximate surface area is 200 Å². The van der Waals surface area contributed by atoms with Crippen molar-refractivity contribution >= 4 is 18.0 Å². The van der Waals surface area contributed by atoms with E-state index >= 15 is 0 Å². The highest BCUT2D eigenvalue weighted by Crippen LogP contribution is 2.44. The van der Waals surface area contributed by atoms with Gasteiger partial charge in [-0.2, -0.15) is 0 Å². The number of ether oxygens (including phenoxy) is 1. The number of benzene rings is 2. The van der Waals surface area contributed by atoms with Crippen molar-refractivity contribution in [1.82, 2.24) is 10.2 Å². The molecule has 2 aliphatic carbocycles. The lowest BCUT2D eigenvalue weighted by atomic mass is 9.74. The molecule has 0 spiro atoms. The van der Waals surface area contributed by atoms with E-state index in [-0.39, 0.29) is 37.3 Å². The summed E-state index contributed by atoms with van der Waals surface area (Å²) in [4.78, 5) is 38.3. The van der Waals surface area contributed by atoms with Crippen LogP contribution in [0.2, 0.25) is 0 Å². The molecule has 1 saturated carbocycles. The number of hydrogen-bond acceptors (Lipinski definition) is 4. The summed E-state index contributed by atoms with van der Waals surface area (Å²) in [7, 11) is 0. The molecule has 2 amide bonds. The molecular weight excluding hydrogens is 432 g/mol. The molecule has 34 heavy (non-hydrogen) atoms. The molecule has 0 saturated heterocycles. The molecule has 2 aromatic rings. The average Bonchev–Trinajstić information content (AvgIpc) is 3.09. The number of amides is 2. The summed E-state index contributed by atoms with van der Waals surface area (Å²) in [6, 6.07) is 16.3. The number of carbonyl (C=O) groups excluding carboxylic acids is 2. The third-order valence-corrected chi connectivity index (χ3v) is 6.78. The highest BCUT2D eigenvalue weighted by molar-refractivity contribution is 5.83. The smallest absolute Gasteiger partial charge is 0.407 e. The molecular formula is C27H32N2O5. The van der Waals surface area contributed by atoms with Crippen LogP contribution in [-0.2, 0) is 14.3 Å². The number of aliphatic carboxylic acids is 1. The van der Waals surface area contributed by atoms with Crippen molar-refractivity contribution < 1.29 is 24.2 Å². The Hall–Kier alpha value is -3.35. The predicted octanol–water partition coefficient (Wildman–Crippen LogP) is 4.41. The lowest BCUT2D eigenvalue weighted by molar-refractivity contribution is -0.145. The zero-order chi connectivity index (χ0) is 24.3. The second-order valence-corrected chi connectivity index (χ2v) is 9.82. The maximum Gasteiger partial charge on any atom is 0.407 e. The van der Waals surface area contributed by atoms with Crippen LogP contribution in [0, 0.1) is 5.92 Å². The molecule has 0 atom stereocenters. The highest BCUT2D eigenvalue weighted by Gasteiger charge is 2.42. The summed E-state index contributed by atoms with van der Waals surface area (Å²) in [5, 5.41) is 12.1. The minimum absolute atomic E-state index is 0.0331. The lowest BCUT2D eigenvalue weighted by Crippen LogP contribution is -2.56. The van der Waals surface area contributed by atoms with E-state index in [1.54, 1.807) is 0 Å². The summed E-state index contributed by atoms with van der Waals surface area (Å²) < 4.78 is 5.67. The molecule has 0 aromatic heterocycles. The van der Waals surface area contributed by atoms with Gasteiger partial charge >= 0.3 is 12.1 Å². The van der Waals surface area contributed by atoms with E-state index in [9.17, 15) is 19.5 Å². The first kappa shape index (κ1) is 23.8. The molecule has 180 valence electrons. The number of nitrogens with one attached hydrogen (secondary N) is 1. The van der Waals surface area contributed by atoms with Crippen molar-refractivity contribution in [3.63, 3.8) is 0 Å². The van der Waals surface area contributed by atoms with Crippen LogP contribution in [0.1, 0.15) is 56.6 Å². The molecule has 0 radical (unpaired) electrons. The fourth-order valence-corrected chi connectivity index (χ4v) is 5.06. The summed E-state index contributed by atoms with van der Waals surface area (Å²) in [5.74, 6) is -1.18. The number of carboxylic acid groups (broad SMARTS) is 1. The van der Waals surface area contributed by atoms with Gasteiger partial charge in [0, 0.05) is 12.5 Å². The molecule has 4 rings (SSSR count). The summed E-state index contributed by atoms with van der Waals surface area (Å²) in [6.45, 7) is 4.12. The third kappa shape index (κ3) is 5.08. The van der Waals surface area contributed by atoms with Crippen LogP contribution in [0.25, 0.3) is 11.1 Å². The summed E-state index contributed by atoms with van der Waals surface area (Å²) in [6.07, 6.45) is 1.79. The number of fused-ring (bicyclic) bond motifs is 3. The number of hydrogen-bond donors (Lipinski definition) is 2.